The maximum absolute atomic E-state index is 12.8. The van der Waals surface area contributed by atoms with Gasteiger partial charge in [-0.3, -0.25) is 4.98 Å². The highest BCUT2D eigenvalue weighted by Gasteiger charge is 2.37. The van der Waals surface area contributed by atoms with Gasteiger partial charge in [-0.15, -0.1) is 0 Å². The molecule has 0 unspecified atom stereocenters. The number of hydrogen-bond acceptors (Lipinski definition) is 6. The Labute approximate surface area is 281 Å². The van der Waals surface area contributed by atoms with Gasteiger partial charge in [0.15, 0.2) is 14.1 Å². The standard InChI is InChI=1S/C38H51N5O3Si/c1-10-11-14-29-15-12-17-33(40-29)28-23-31(27-19-21-42(22-20-27)36(44)46-37(2,3)4)32-25-39-43(34(32)24-28)35-18-13-16-30(41-35)26-45-47(8,9)38(5,6)7/h12-13,15-19,23-25H,10-11,14,20-22,26H2,1-9H3. The zero-order valence-electron chi connectivity index (χ0n) is 29.7. The van der Waals surface area contributed by atoms with Crippen LogP contribution in [0.2, 0.25) is 18.1 Å². The van der Waals surface area contributed by atoms with E-state index in [4.69, 9.17) is 24.2 Å². The average Bonchev–Trinajstić information content (AvgIpc) is 3.46. The highest BCUT2D eigenvalue weighted by atomic mass is 28.4. The molecule has 1 aromatic carbocycles. The zero-order valence-corrected chi connectivity index (χ0v) is 30.7. The third-order valence-corrected chi connectivity index (χ3v) is 13.7. The Morgan fingerprint density at radius 2 is 1.72 bits per heavy atom. The maximum Gasteiger partial charge on any atom is 0.410 e. The van der Waals surface area contributed by atoms with Gasteiger partial charge in [0, 0.05) is 29.7 Å². The van der Waals surface area contributed by atoms with E-state index < -0.39 is 13.9 Å². The topological polar surface area (TPSA) is 82.4 Å². The summed E-state index contributed by atoms with van der Waals surface area (Å²) < 4.78 is 14.1. The number of nitrogens with zero attached hydrogens (tertiary/aromatic N) is 5. The van der Waals surface area contributed by atoms with Crippen LogP contribution in [-0.2, 0) is 22.2 Å². The van der Waals surface area contributed by atoms with Gasteiger partial charge in [0.2, 0.25) is 0 Å². The van der Waals surface area contributed by atoms with Crippen LogP contribution in [0.3, 0.4) is 0 Å². The lowest BCUT2D eigenvalue weighted by Crippen LogP contribution is -2.40. The van der Waals surface area contributed by atoms with Crippen molar-refractivity contribution in [3.05, 3.63) is 77.8 Å². The summed E-state index contributed by atoms with van der Waals surface area (Å²) in [4.78, 5) is 24.6. The normalized spacial score (nSPS) is 14.4. The number of pyridine rings is 2. The van der Waals surface area contributed by atoms with Crippen LogP contribution < -0.4 is 0 Å². The summed E-state index contributed by atoms with van der Waals surface area (Å²) in [7, 11) is -1.93. The van der Waals surface area contributed by atoms with E-state index in [1.54, 1.807) is 4.90 Å². The fraction of sp³-hybridized carbons (Fsp3) is 0.474. The molecule has 1 aliphatic rings. The minimum absolute atomic E-state index is 0.120. The average molecular weight is 654 g/mol. The van der Waals surface area contributed by atoms with Crippen LogP contribution in [0.4, 0.5) is 4.79 Å². The summed E-state index contributed by atoms with van der Waals surface area (Å²) in [6, 6.07) is 16.7. The molecule has 3 aromatic heterocycles. The van der Waals surface area contributed by atoms with Gasteiger partial charge in [-0.05, 0) is 106 Å². The molecule has 5 rings (SSSR count). The Balaban J connectivity index is 1.55. The highest BCUT2D eigenvalue weighted by Crippen LogP contribution is 2.37. The Hall–Kier alpha value is -3.82. The van der Waals surface area contributed by atoms with Crippen LogP contribution in [0.1, 0.15) is 84.7 Å². The molecule has 0 bridgehead atoms. The van der Waals surface area contributed by atoms with Crippen molar-refractivity contribution in [2.45, 2.75) is 104 Å². The van der Waals surface area contributed by atoms with Crippen molar-refractivity contribution >= 4 is 30.9 Å². The number of unbranched alkanes of at least 4 members (excludes halogenated alkanes) is 1. The van der Waals surface area contributed by atoms with Crippen LogP contribution >= 0.6 is 0 Å². The quantitative estimate of drug-likeness (QED) is 0.167. The second-order valence-corrected chi connectivity index (χ2v) is 19.9. The molecule has 1 aliphatic heterocycles. The van der Waals surface area contributed by atoms with E-state index in [1.165, 1.54) is 5.57 Å². The van der Waals surface area contributed by atoms with Crippen LogP contribution in [0, 0.1) is 0 Å². The second kappa shape index (κ2) is 13.7. The summed E-state index contributed by atoms with van der Waals surface area (Å²) in [5, 5.41) is 6.04. The molecule has 0 saturated heterocycles. The van der Waals surface area contributed by atoms with Crippen molar-refractivity contribution in [3.63, 3.8) is 0 Å². The predicted molar refractivity (Wildman–Crippen MR) is 193 cm³/mol. The molecule has 0 spiro atoms. The first-order chi connectivity index (χ1) is 22.1. The highest BCUT2D eigenvalue weighted by molar-refractivity contribution is 6.74. The minimum atomic E-state index is -1.93. The number of fused-ring (bicyclic) bond motifs is 1. The number of aryl methyl sites for hydroxylation is 1. The Kier molecular flexibility index (Phi) is 10.1. The van der Waals surface area contributed by atoms with E-state index in [9.17, 15) is 4.79 Å². The van der Waals surface area contributed by atoms with Crippen molar-refractivity contribution < 1.29 is 14.0 Å². The predicted octanol–water partition coefficient (Wildman–Crippen LogP) is 9.37. The first kappa shape index (κ1) is 34.5. The summed E-state index contributed by atoms with van der Waals surface area (Å²) in [5.41, 5.74) is 6.66. The van der Waals surface area contributed by atoms with Crippen molar-refractivity contribution in [1.82, 2.24) is 24.6 Å². The SMILES string of the molecule is CCCCc1cccc(-c2cc(C3=CCN(C(=O)OC(C)(C)C)CC3)c3cnn(-c4cccc(CO[Si](C)(C)C(C)(C)C)n4)c3c2)n1. The van der Waals surface area contributed by atoms with Crippen molar-refractivity contribution in [2.75, 3.05) is 13.1 Å². The van der Waals surface area contributed by atoms with Gasteiger partial charge in [-0.25, -0.2) is 14.5 Å². The molecule has 0 aliphatic carbocycles. The lowest BCUT2D eigenvalue weighted by Gasteiger charge is -2.36. The largest absolute Gasteiger partial charge is 0.444 e. The van der Waals surface area contributed by atoms with Crippen molar-refractivity contribution in [2.24, 2.45) is 0 Å². The molecule has 9 heteroatoms. The monoisotopic (exact) mass is 653 g/mol. The number of ether oxygens (including phenoxy) is 1. The van der Waals surface area contributed by atoms with E-state index >= 15 is 0 Å². The van der Waals surface area contributed by atoms with Gasteiger partial charge in [-0.1, -0.05) is 52.3 Å². The fourth-order valence-electron chi connectivity index (χ4n) is 5.40. The van der Waals surface area contributed by atoms with Gasteiger partial charge in [0.05, 0.1) is 29.7 Å². The first-order valence-electron chi connectivity index (χ1n) is 16.9. The van der Waals surface area contributed by atoms with Gasteiger partial charge < -0.3 is 14.1 Å². The van der Waals surface area contributed by atoms with E-state index in [-0.39, 0.29) is 11.1 Å². The molecule has 4 heterocycles. The van der Waals surface area contributed by atoms with Crippen molar-refractivity contribution in [1.29, 1.82) is 0 Å². The zero-order chi connectivity index (χ0) is 34.0. The number of benzene rings is 1. The lowest BCUT2D eigenvalue weighted by atomic mass is 9.93. The van der Waals surface area contributed by atoms with Gasteiger partial charge in [-0.2, -0.15) is 5.10 Å². The van der Waals surface area contributed by atoms with Crippen molar-refractivity contribution in [3.8, 4) is 17.1 Å². The molecule has 0 radical (unpaired) electrons. The van der Waals surface area contributed by atoms with E-state index in [0.717, 1.165) is 64.2 Å². The molecular weight excluding hydrogens is 603 g/mol. The molecule has 0 atom stereocenters. The number of carbonyl (C=O) groups is 1. The lowest BCUT2D eigenvalue weighted by molar-refractivity contribution is 0.0270. The molecule has 0 saturated carbocycles. The second-order valence-electron chi connectivity index (χ2n) is 15.1. The number of hydrogen-bond donors (Lipinski definition) is 0. The number of aromatic nitrogens is 4. The summed E-state index contributed by atoms with van der Waals surface area (Å²) in [5.74, 6) is 0.748. The van der Waals surface area contributed by atoms with Crippen LogP contribution in [-0.4, -0.2) is 57.7 Å². The van der Waals surface area contributed by atoms with Gasteiger partial charge in [0.25, 0.3) is 0 Å². The fourth-order valence-corrected chi connectivity index (χ4v) is 6.34. The number of carbonyl (C=O) groups excluding carboxylic acids is 1. The van der Waals surface area contributed by atoms with Crippen LogP contribution in [0.25, 0.3) is 33.6 Å². The van der Waals surface area contributed by atoms with E-state index in [0.29, 0.717) is 26.1 Å². The summed E-state index contributed by atoms with van der Waals surface area (Å²) in [6.45, 7) is 20.7. The summed E-state index contributed by atoms with van der Waals surface area (Å²) in [6.07, 6.45) is 7.70. The van der Waals surface area contributed by atoms with Crippen LogP contribution in [0.5, 0.6) is 0 Å². The molecular formula is C38H51N5O3Si. The van der Waals surface area contributed by atoms with Crippen LogP contribution in [0.15, 0.2) is 60.8 Å². The molecule has 8 nitrogen and oxygen atoms in total. The summed E-state index contributed by atoms with van der Waals surface area (Å²) >= 11 is 0. The first-order valence-corrected chi connectivity index (χ1v) is 19.8. The third-order valence-electron chi connectivity index (χ3n) is 9.18. The van der Waals surface area contributed by atoms with Gasteiger partial charge >= 0.3 is 6.09 Å². The van der Waals surface area contributed by atoms with E-state index in [2.05, 4.69) is 77.2 Å². The molecule has 1 amide bonds. The number of amides is 1. The minimum Gasteiger partial charge on any atom is -0.444 e. The van der Waals surface area contributed by atoms with E-state index in [1.807, 2.05) is 49.8 Å². The molecule has 4 aromatic rings. The van der Waals surface area contributed by atoms with Gasteiger partial charge in [0.1, 0.15) is 5.60 Å². The molecule has 47 heavy (non-hydrogen) atoms. The maximum atomic E-state index is 12.8. The molecule has 0 fully saturated rings. The Morgan fingerprint density at radius 3 is 2.40 bits per heavy atom. The smallest absolute Gasteiger partial charge is 0.410 e. The third kappa shape index (κ3) is 8.19. The molecule has 250 valence electrons. The molecule has 0 N–H and O–H groups in total. The Bertz CT molecular complexity index is 1760. The number of rotatable bonds is 9. The Morgan fingerprint density at radius 1 is 0.979 bits per heavy atom.